The van der Waals surface area contributed by atoms with E-state index in [4.69, 9.17) is 0 Å². The van der Waals surface area contributed by atoms with E-state index in [1.165, 1.54) is 13.8 Å². The number of nitrogens with one attached hydrogen (secondary N) is 1. The average Bonchev–Trinajstić information content (AvgIpc) is 2.28. The highest BCUT2D eigenvalue weighted by Crippen LogP contribution is 2.18. The van der Waals surface area contributed by atoms with Gasteiger partial charge in [0.2, 0.25) is 0 Å². The van der Waals surface area contributed by atoms with E-state index < -0.39 is 12.0 Å². The minimum Gasteiger partial charge on any atom is -0.381 e. The Hall–Kier alpha value is -1.90. The molecule has 0 fully saturated rings. The molecule has 104 valence electrons. The number of Topliss-reactive ketones (excluding diaryl/α,β-unsaturated/α-hetero) is 2. The first-order valence-electron chi connectivity index (χ1n) is 6.23. The van der Waals surface area contributed by atoms with Gasteiger partial charge in [0.05, 0.1) is 12.0 Å². The Bertz CT molecular complexity index is 416. The third kappa shape index (κ3) is 5.51. The van der Waals surface area contributed by atoms with E-state index in [-0.39, 0.29) is 11.6 Å². The quantitative estimate of drug-likeness (QED) is 0.540. The minimum atomic E-state index is -0.730. The number of hydrogen-bond donors (Lipinski definition) is 1. The van der Waals surface area contributed by atoms with Gasteiger partial charge in [-0.05, 0) is 33.3 Å². The lowest BCUT2D eigenvalue weighted by molar-refractivity contribution is -0.131. The molecule has 0 bridgehead atoms. The summed E-state index contributed by atoms with van der Waals surface area (Å²) in [7, 11) is 0. The first kappa shape index (κ1) is 17.1. The largest absolute Gasteiger partial charge is 0.381 e. The second-order valence-corrected chi connectivity index (χ2v) is 4.50. The lowest BCUT2D eigenvalue weighted by atomic mass is 9.86. The van der Waals surface area contributed by atoms with E-state index in [1.807, 2.05) is 25.2 Å². The van der Waals surface area contributed by atoms with Gasteiger partial charge in [-0.1, -0.05) is 37.5 Å². The second-order valence-electron chi connectivity index (χ2n) is 4.50. The first-order chi connectivity index (χ1) is 8.84. The maximum absolute atomic E-state index is 11.7. The number of carbonyl (C=O) groups excluding carboxylic acids is 2. The number of rotatable bonds is 8. The highest BCUT2D eigenvalue weighted by atomic mass is 16.1. The fourth-order valence-electron chi connectivity index (χ4n) is 1.89. The molecule has 0 aliphatic rings. The molecule has 3 heteroatoms. The number of allylic oxidation sites excluding steroid dienone is 4. The predicted octanol–water partition coefficient (Wildman–Crippen LogP) is 2.96. The van der Waals surface area contributed by atoms with Crippen molar-refractivity contribution in [3.05, 3.63) is 48.7 Å². The summed E-state index contributed by atoms with van der Waals surface area (Å²) in [5.74, 6) is -1.06. The summed E-state index contributed by atoms with van der Waals surface area (Å²) >= 11 is 0. The van der Waals surface area contributed by atoms with Gasteiger partial charge in [-0.3, -0.25) is 9.59 Å². The topological polar surface area (TPSA) is 46.2 Å². The van der Waals surface area contributed by atoms with Crippen molar-refractivity contribution in [2.75, 3.05) is 0 Å². The molecule has 0 rings (SSSR count). The van der Waals surface area contributed by atoms with Crippen LogP contribution in [0.25, 0.3) is 0 Å². The molecule has 0 heterocycles. The highest BCUT2D eigenvalue weighted by molar-refractivity contribution is 6.01. The zero-order valence-electron chi connectivity index (χ0n) is 12.2. The second kappa shape index (κ2) is 8.25. The summed E-state index contributed by atoms with van der Waals surface area (Å²) in [5.41, 5.74) is 1.49. The van der Waals surface area contributed by atoms with Crippen LogP contribution in [0.3, 0.4) is 0 Å². The van der Waals surface area contributed by atoms with E-state index in [2.05, 4.69) is 18.5 Å². The fraction of sp³-hybridized carbons (Fsp3) is 0.375. The Morgan fingerprint density at radius 2 is 1.68 bits per heavy atom. The molecule has 1 unspecified atom stereocenters. The van der Waals surface area contributed by atoms with Crippen molar-refractivity contribution in [3.63, 3.8) is 0 Å². The molecule has 0 saturated heterocycles. The van der Waals surface area contributed by atoms with Crippen molar-refractivity contribution in [1.29, 1.82) is 0 Å². The van der Waals surface area contributed by atoms with Crippen LogP contribution in [0, 0.1) is 5.92 Å². The summed E-state index contributed by atoms with van der Waals surface area (Å²) in [4.78, 5) is 23.5. The molecule has 0 aliphatic heterocycles. The molecular weight excluding hydrogens is 238 g/mol. The van der Waals surface area contributed by atoms with Crippen molar-refractivity contribution in [1.82, 2.24) is 5.32 Å². The highest BCUT2D eigenvalue weighted by Gasteiger charge is 2.31. The minimum absolute atomic E-state index is 0.167. The fourth-order valence-corrected chi connectivity index (χ4v) is 1.89. The average molecular weight is 261 g/mol. The SMILES string of the molecule is C=C/C(=C\C=C/C)C(NC(=C)C)C(C(C)=O)C(C)=O. The van der Waals surface area contributed by atoms with E-state index in [0.717, 1.165) is 5.57 Å². The van der Waals surface area contributed by atoms with Gasteiger partial charge >= 0.3 is 0 Å². The summed E-state index contributed by atoms with van der Waals surface area (Å²) in [6.45, 7) is 14.1. The standard InChI is InChI=1S/C16H23NO2/c1-7-9-10-14(8-2)16(17-11(3)4)15(12(5)18)13(6)19/h7-10,15-17H,2-3H2,1,4-6H3/b9-7-,14-10+. The Kier molecular flexibility index (Phi) is 7.42. The molecule has 3 nitrogen and oxygen atoms in total. The van der Waals surface area contributed by atoms with Gasteiger partial charge in [0.25, 0.3) is 0 Å². The van der Waals surface area contributed by atoms with Crippen LogP contribution in [0.2, 0.25) is 0 Å². The summed E-state index contributed by atoms with van der Waals surface area (Å²) < 4.78 is 0. The van der Waals surface area contributed by atoms with Gasteiger partial charge in [0.1, 0.15) is 11.6 Å². The Morgan fingerprint density at radius 1 is 1.16 bits per heavy atom. The third-order valence-corrected chi connectivity index (χ3v) is 2.69. The molecule has 0 aromatic carbocycles. The molecule has 19 heavy (non-hydrogen) atoms. The van der Waals surface area contributed by atoms with Gasteiger partial charge in [-0.2, -0.15) is 0 Å². The first-order valence-corrected chi connectivity index (χ1v) is 6.23. The molecule has 0 aliphatic carbocycles. The number of hydrogen-bond acceptors (Lipinski definition) is 3. The van der Waals surface area contributed by atoms with Crippen LogP contribution in [0.15, 0.2) is 48.7 Å². The lowest BCUT2D eigenvalue weighted by Gasteiger charge is -2.26. The van der Waals surface area contributed by atoms with Gasteiger partial charge in [0.15, 0.2) is 0 Å². The Morgan fingerprint density at radius 3 is 2.00 bits per heavy atom. The molecule has 0 radical (unpaired) electrons. The van der Waals surface area contributed by atoms with Gasteiger partial charge in [-0.15, -0.1) is 0 Å². The molecular formula is C16H23NO2. The Balaban J connectivity index is 5.62. The van der Waals surface area contributed by atoms with Gasteiger partial charge < -0.3 is 5.32 Å². The van der Waals surface area contributed by atoms with Crippen LogP contribution >= 0.6 is 0 Å². The van der Waals surface area contributed by atoms with Crippen LogP contribution in [0.5, 0.6) is 0 Å². The number of carbonyl (C=O) groups is 2. The van der Waals surface area contributed by atoms with Crippen molar-refractivity contribution in [2.45, 2.75) is 33.7 Å². The predicted molar refractivity (Wildman–Crippen MR) is 79.7 cm³/mol. The summed E-state index contributed by atoms with van der Waals surface area (Å²) in [6.07, 6.45) is 7.21. The normalized spacial score (nSPS) is 13.4. The monoisotopic (exact) mass is 261 g/mol. The van der Waals surface area contributed by atoms with Crippen molar-refractivity contribution < 1.29 is 9.59 Å². The van der Waals surface area contributed by atoms with E-state index in [1.54, 1.807) is 13.0 Å². The zero-order valence-corrected chi connectivity index (χ0v) is 12.2. The Labute approximate surface area is 115 Å². The van der Waals surface area contributed by atoms with E-state index in [9.17, 15) is 9.59 Å². The molecule has 0 aromatic heterocycles. The molecule has 0 aromatic rings. The zero-order chi connectivity index (χ0) is 15.0. The van der Waals surface area contributed by atoms with E-state index >= 15 is 0 Å². The van der Waals surface area contributed by atoms with Crippen LogP contribution < -0.4 is 5.32 Å². The third-order valence-electron chi connectivity index (χ3n) is 2.69. The van der Waals surface area contributed by atoms with Crippen LogP contribution in [0.4, 0.5) is 0 Å². The summed E-state index contributed by atoms with van der Waals surface area (Å²) in [5, 5.41) is 3.09. The molecule has 1 N–H and O–H groups in total. The van der Waals surface area contributed by atoms with Crippen LogP contribution in [0.1, 0.15) is 27.7 Å². The number of ketones is 2. The van der Waals surface area contributed by atoms with Gasteiger partial charge in [-0.25, -0.2) is 0 Å². The van der Waals surface area contributed by atoms with Crippen molar-refractivity contribution in [2.24, 2.45) is 5.92 Å². The van der Waals surface area contributed by atoms with Crippen molar-refractivity contribution >= 4 is 11.6 Å². The van der Waals surface area contributed by atoms with Crippen LogP contribution in [-0.2, 0) is 9.59 Å². The van der Waals surface area contributed by atoms with E-state index in [0.29, 0.717) is 5.70 Å². The smallest absolute Gasteiger partial charge is 0.142 e. The molecule has 0 saturated carbocycles. The maximum atomic E-state index is 11.7. The van der Waals surface area contributed by atoms with Gasteiger partial charge in [0, 0.05) is 5.70 Å². The lowest BCUT2D eigenvalue weighted by Crippen LogP contribution is -2.43. The maximum Gasteiger partial charge on any atom is 0.142 e. The molecule has 0 spiro atoms. The summed E-state index contributed by atoms with van der Waals surface area (Å²) in [6, 6.07) is -0.429. The molecule has 0 amide bonds. The molecule has 1 atom stereocenters. The van der Waals surface area contributed by atoms with Crippen LogP contribution in [-0.4, -0.2) is 17.6 Å². The van der Waals surface area contributed by atoms with Crippen molar-refractivity contribution in [3.8, 4) is 0 Å².